The van der Waals surface area contributed by atoms with Gasteiger partial charge in [-0.25, -0.2) is 9.67 Å². The Labute approximate surface area is 107 Å². The van der Waals surface area contributed by atoms with Crippen LogP contribution in [0.2, 0.25) is 0 Å². The van der Waals surface area contributed by atoms with Gasteiger partial charge in [0.2, 0.25) is 11.6 Å². The second kappa shape index (κ2) is 6.10. The van der Waals surface area contributed by atoms with Crippen molar-refractivity contribution >= 4 is 5.78 Å². The molecular weight excluding hydrogens is 226 g/mol. The average molecular weight is 243 g/mol. The Morgan fingerprint density at radius 1 is 1.22 bits per heavy atom. The van der Waals surface area contributed by atoms with Crippen molar-refractivity contribution in [3.63, 3.8) is 0 Å². The molecule has 2 heterocycles. The maximum absolute atomic E-state index is 11.2. The largest absolute Gasteiger partial charge is 0.291 e. The molecule has 0 N–H and O–H groups in total. The first-order valence-corrected chi connectivity index (χ1v) is 6.28. The highest BCUT2D eigenvalue weighted by atomic mass is 16.1. The summed E-state index contributed by atoms with van der Waals surface area (Å²) in [6, 6.07) is 12.0. The topological polar surface area (TPSA) is 47.8 Å². The number of carbonyl (C=O) groups excluding carboxylic acids is 1. The number of ketones is 1. The normalized spacial score (nSPS) is 12.5. The number of fused-ring (bicyclic) bond motifs is 1. The molecule has 0 bridgehead atoms. The van der Waals surface area contributed by atoms with Crippen LogP contribution >= 0.6 is 0 Å². The van der Waals surface area contributed by atoms with Crippen molar-refractivity contribution in [2.45, 2.75) is 32.7 Å². The summed E-state index contributed by atoms with van der Waals surface area (Å²) in [5.41, 5.74) is 0. The fraction of sp³-hybridized carbons (Fsp3) is 0.357. The molecule has 1 aromatic heterocycles. The zero-order valence-electron chi connectivity index (χ0n) is 10.5. The fourth-order valence-corrected chi connectivity index (χ4v) is 1.79. The van der Waals surface area contributed by atoms with E-state index in [-0.39, 0.29) is 5.78 Å². The van der Waals surface area contributed by atoms with Crippen LogP contribution in [0.15, 0.2) is 36.4 Å². The lowest BCUT2D eigenvalue weighted by atomic mass is 10.3. The van der Waals surface area contributed by atoms with Crippen LogP contribution in [0.4, 0.5) is 0 Å². The number of rotatable bonds is 2. The number of carbonyl (C=O) groups is 1. The van der Waals surface area contributed by atoms with Crippen LogP contribution in [-0.2, 0) is 13.0 Å². The number of aryl methyl sites for hydroxylation is 2. The van der Waals surface area contributed by atoms with Crippen molar-refractivity contribution in [2.75, 3.05) is 0 Å². The van der Waals surface area contributed by atoms with Crippen LogP contribution < -0.4 is 0 Å². The molecule has 18 heavy (non-hydrogen) atoms. The van der Waals surface area contributed by atoms with Gasteiger partial charge in [0.25, 0.3) is 0 Å². The summed E-state index contributed by atoms with van der Waals surface area (Å²) < 4.78 is 1.84. The second-order valence-electron chi connectivity index (χ2n) is 4.11. The minimum atomic E-state index is 0.0388. The third kappa shape index (κ3) is 3.03. The monoisotopic (exact) mass is 243 g/mol. The molecule has 4 nitrogen and oxygen atoms in total. The van der Waals surface area contributed by atoms with Crippen molar-refractivity contribution in [1.29, 1.82) is 0 Å². The predicted molar refractivity (Wildman–Crippen MR) is 69.4 cm³/mol. The van der Waals surface area contributed by atoms with Crippen LogP contribution in [0, 0.1) is 0 Å². The Kier molecular flexibility index (Phi) is 4.23. The van der Waals surface area contributed by atoms with Crippen LogP contribution in [0.3, 0.4) is 0 Å². The molecule has 0 amide bonds. The van der Waals surface area contributed by atoms with E-state index in [0.717, 1.165) is 25.2 Å². The fourth-order valence-electron chi connectivity index (χ4n) is 1.79. The molecule has 0 fully saturated rings. The molecule has 0 saturated carbocycles. The van der Waals surface area contributed by atoms with Gasteiger partial charge >= 0.3 is 0 Å². The van der Waals surface area contributed by atoms with Crippen LogP contribution in [-0.4, -0.2) is 20.5 Å². The highest BCUT2D eigenvalue weighted by Gasteiger charge is 2.18. The first kappa shape index (κ1) is 12.5. The minimum absolute atomic E-state index is 0.0388. The van der Waals surface area contributed by atoms with E-state index in [9.17, 15) is 4.79 Å². The smallest absolute Gasteiger partial charge is 0.217 e. The van der Waals surface area contributed by atoms with Gasteiger partial charge in [0.05, 0.1) is 0 Å². The first-order valence-electron chi connectivity index (χ1n) is 6.28. The Bertz CT molecular complexity index is 457. The number of aromatic nitrogens is 3. The predicted octanol–water partition coefficient (Wildman–Crippen LogP) is 2.50. The highest BCUT2D eigenvalue weighted by molar-refractivity contribution is 5.92. The molecule has 4 heteroatoms. The van der Waals surface area contributed by atoms with Gasteiger partial charge < -0.3 is 0 Å². The van der Waals surface area contributed by atoms with Gasteiger partial charge in [0.15, 0.2) is 0 Å². The average Bonchev–Trinajstić information content (AvgIpc) is 3.01. The summed E-state index contributed by atoms with van der Waals surface area (Å²) in [6.07, 6.45) is 2.56. The van der Waals surface area contributed by atoms with Crippen molar-refractivity contribution in [2.24, 2.45) is 0 Å². The van der Waals surface area contributed by atoms with Crippen molar-refractivity contribution in [3.8, 4) is 0 Å². The van der Waals surface area contributed by atoms with E-state index in [1.807, 2.05) is 48.0 Å². The summed E-state index contributed by atoms with van der Waals surface area (Å²) in [5, 5.41) is 4.12. The molecule has 0 spiro atoms. The summed E-state index contributed by atoms with van der Waals surface area (Å²) in [6.45, 7) is 2.74. The van der Waals surface area contributed by atoms with Crippen LogP contribution in [0.25, 0.3) is 0 Å². The number of Topliss-reactive ketones (excluding diaryl/α,β-unsaturated/α-hetero) is 1. The SMILES string of the molecule is CCC(=O)c1nc2n(n1)CCC2.c1ccccc1. The van der Waals surface area contributed by atoms with Crippen molar-refractivity contribution < 1.29 is 4.79 Å². The molecule has 2 aromatic rings. The summed E-state index contributed by atoms with van der Waals surface area (Å²) >= 11 is 0. The van der Waals surface area contributed by atoms with Gasteiger partial charge in [0.1, 0.15) is 5.82 Å². The minimum Gasteiger partial charge on any atom is -0.291 e. The maximum Gasteiger partial charge on any atom is 0.217 e. The molecule has 3 rings (SSSR count). The first-order chi connectivity index (χ1) is 8.81. The van der Waals surface area contributed by atoms with Crippen LogP contribution in [0.1, 0.15) is 36.2 Å². The van der Waals surface area contributed by atoms with E-state index in [1.54, 1.807) is 0 Å². The lowest BCUT2D eigenvalue weighted by molar-refractivity contribution is 0.0977. The zero-order chi connectivity index (χ0) is 12.8. The third-order valence-electron chi connectivity index (χ3n) is 2.76. The number of benzene rings is 1. The van der Waals surface area contributed by atoms with E-state index in [1.165, 1.54) is 0 Å². The lowest BCUT2D eigenvalue weighted by Crippen LogP contribution is -2.02. The van der Waals surface area contributed by atoms with E-state index in [2.05, 4.69) is 10.1 Å². The third-order valence-corrected chi connectivity index (χ3v) is 2.76. The quantitative estimate of drug-likeness (QED) is 0.761. The molecule has 0 saturated heterocycles. The lowest BCUT2D eigenvalue weighted by Gasteiger charge is -1.89. The van der Waals surface area contributed by atoms with E-state index in [0.29, 0.717) is 12.2 Å². The van der Waals surface area contributed by atoms with Crippen molar-refractivity contribution in [3.05, 3.63) is 48.0 Å². The molecule has 0 unspecified atom stereocenters. The summed E-state index contributed by atoms with van der Waals surface area (Å²) in [5.74, 6) is 1.40. The summed E-state index contributed by atoms with van der Waals surface area (Å²) in [4.78, 5) is 15.3. The second-order valence-corrected chi connectivity index (χ2v) is 4.11. The Hall–Kier alpha value is -1.97. The van der Waals surface area contributed by atoms with Crippen LogP contribution in [0.5, 0.6) is 0 Å². The van der Waals surface area contributed by atoms with Gasteiger partial charge in [-0.2, -0.15) is 0 Å². The Balaban J connectivity index is 0.000000169. The Morgan fingerprint density at radius 2 is 1.83 bits per heavy atom. The molecule has 0 aliphatic carbocycles. The zero-order valence-corrected chi connectivity index (χ0v) is 10.5. The van der Waals surface area contributed by atoms with Crippen molar-refractivity contribution in [1.82, 2.24) is 14.8 Å². The highest BCUT2D eigenvalue weighted by Crippen LogP contribution is 2.11. The molecule has 0 radical (unpaired) electrons. The molecule has 1 aliphatic heterocycles. The van der Waals surface area contributed by atoms with Gasteiger partial charge in [0, 0.05) is 19.4 Å². The standard InChI is InChI=1S/C8H11N3O.C6H6/c1-2-6(12)8-9-7-4-3-5-11(7)10-8;1-2-4-6-5-3-1/h2-5H2,1H3;1-6H. The van der Waals surface area contributed by atoms with E-state index < -0.39 is 0 Å². The maximum atomic E-state index is 11.2. The molecular formula is C14H17N3O. The molecule has 0 atom stereocenters. The van der Waals surface area contributed by atoms with Gasteiger partial charge in [-0.3, -0.25) is 4.79 Å². The Morgan fingerprint density at radius 3 is 2.33 bits per heavy atom. The van der Waals surface area contributed by atoms with Gasteiger partial charge in [-0.15, -0.1) is 5.10 Å². The number of hydrogen-bond acceptors (Lipinski definition) is 3. The molecule has 94 valence electrons. The van der Waals surface area contributed by atoms with Gasteiger partial charge in [-0.05, 0) is 6.42 Å². The molecule has 1 aromatic carbocycles. The van der Waals surface area contributed by atoms with E-state index >= 15 is 0 Å². The summed E-state index contributed by atoms with van der Waals surface area (Å²) in [7, 11) is 0. The van der Waals surface area contributed by atoms with E-state index in [4.69, 9.17) is 0 Å². The number of hydrogen-bond donors (Lipinski definition) is 0. The van der Waals surface area contributed by atoms with Gasteiger partial charge in [-0.1, -0.05) is 43.3 Å². The molecule has 1 aliphatic rings. The number of nitrogens with zero attached hydrogens (tertiary/aromatic N) is 3.